The van der Waals surface area contributed by atoms with Gasteiger partial charge in [-0.15, -0.1) is 0 Å². The largest absolute Gasteiger partial charge is 0.345 e. The molecule has 1 fully saturated rings. The van der Waals surface area contributed by atoms with Gasteiger partial charge in [0, 0.05) is 11.6 Å². The van der Waals surface area contributed by atoms with Gasteiger partial charge in [-0.25, -0.2) is 18.6 Å². The average Bonchev–Trinajstić information content (AvgIpc) is 2.28. The van der Waals surface area contributed by atoms with E-state index in [2.05, 4.69) is 6.58 Å². The average molecular weight is 256 g/mol. The third-order valence-corrected chi connectivity index (χ3v) is 2.61. The summed E-state index contributed by atoms with van der Waals surface area (Å²) in [4.78, 5) is 10.1. The molecule has 1 aromatic carbocycles. The minimum Gasteiger partial charge on any atom is -0.345 e. The Morgan fingerprint density at radius 2 is 2.11 bits per heavy atom. The minimum absolute atomic E-state index is 0.188. The number of ether oxygens (including phenoxy) is 1. The molecule has 0 bridgehead atoms. The van der Waals surface area contributed by atoms with Gasteiger partial charge in [0.05, 0.1) is 6.61 Å². The molecule has 0 aliphatic carbocycles. The maximum Gasteiger partial charge on any atom is 0.196 e. The van der Waals surface area contributed by atoms with Gasteiger partial charge in [0.2, 0.25) is 0 Å². The van der Waals surface area contributed by atoms with Crippen molar-refractivity contribution in [3.8, 4) is 0 Å². The zero-order chi connectivity index (χ0) is 13.3. The van der Waals surface area contributed by atoms with E-state index < -0.39 is 23.5 Å². The zero-order valence-corrected chi connectivity index (χ0v) is 10.2. The molecule has 0 radical (unpaired) electrons. The Kier molecular flexibility index (Phi) is 3.47. The highest BCUT2D eigenvalue weighted by molar-refractivity contribution is 5.67. The molecule has 1 unspecified atom stereocenters. The molecule has 0 N–H and O–H groups in total. The lowest BCUT2D eigenvalue weighted by Crippen LogP contribution is -2.40. The van der Waals surface area contributed by atoms with Crippen LogP contribution in [0.15, 0.2) is 24.8 Å². The molecular formula is C13H14F2O3. The summed E-state index contributed by atoms with van der Waals surface area (Å²) in [5.74, 6) is -2.16. The van der Waals surface area contributed by atoms with E-state index in [0.29, 0.717) is 5.57 Å². The lowest BCUT2D eigenvalue weighted by Gasteiger charge is -2.34. The SMILES string of the molecule is C=C(c1ccc(F)cc1F)C1COC(C)(C)OO1. The molecule has 5 heteroatoms. The summed E-state index contributed by atoms with van der Waals surface area (Å²) in [6.07, 6.45) is -0.613. The van der Waals surface area contributed by atoms with Crippen LogP contribution in [0.2, 0.25) is 0 Å². The van der Waals surface area contributed by atoms with E-state index in [1.807, 2.05) is 0 Å². The zero-order valence-electron chi connectivity index (χ0n) is 10.2. The van der Waals surface area contributed by atoms with Crippen LogP contribution in [0.3, 0.4) is 0 Å². The Bertz CT molecular complexity index is 461. The normalized spacial score (nSPS) is 22.8. The standard InChI is InChI=1S/C13H14F2O3/c1-8(10-5-4-9(14)6-11(10)15)12-7-16-13(2,3)18-17-12/h4-6,12H,1,7H2,2-3H3. The van der Waals surface area contributed by atoms with Crippen LogP contribution < -0.4 is 0 Å². The van der Waals surface area contributed by atoms with E-state index in [1.54, 1.807) is 13.8 Å². The van der Waals surface area contributed by atoms with Crippen LogP contribution in [-0.4, -0.2) is 18.5 Å². The van der Waals surface area contributed by atoms with Gasteiger partial charge in [-0.1, -0.05) is 6.58 Å². The van der Waals surface area contributed by atoms with Crippen molar-refractivity contribution < 1.29 is 23.3 Å². The summed E-state index contributed by atoms with van der Waals surface area (Å²) in [6.45, 7) is 7.33. The summed E-state index contributed by atoms with van der Waals surface area (Å²) in [5, 5.41) is 0. The van der Waals surface area contributed by atoms with Crippen molar-refractivity contribution in [2.24, 2.45) is 0 Å². The van der Waals surface area contributed by atoms with Gasteiger partial charge in [-0.3, -0.25) is 0 Å². The lowest BCUT2D eigenvalue weighted by molar-refractivity contribution is -0.467. The molecule has 1 aromatic rings. The lowest BCUT2D eigenvalue weighted by atomic mass is 10.0. The van der Waals surface area contributed by atoms with E-state index >= 15 is 0 Å². The molecular weight excluding hydrogens is 242 g/mol. The molecule has 0 saturated carbocycles. The Morgan fingerprint density at radius 3 is 2.67 bits per heavy atom. The first kappa shape index (κ1) is 13.1. The van der Waals surface area contributed by atoms with Gasteiger partial charge in [0.1, 0.15) is 17.7 Å². The van der Waals surface area contributed by atoms with Gasteiger partial charge in [0.15, 0.2) is 5.79 Å². The van der Waals surface area contributed by atoms with Crippen molar-refractivity contribution in [3.63, 3.8) is 0 Å². The van der Waals surface area contributed by atoms with Crippen LogP contribution in [0.25, 0.3) is 5.57 Å². The highest BCUT2D eigenvalue weighted by Gasteiger charge is 2.32. The number of halogens is 2. The molecule has 1 aliphatic heterocycles. The highest BCUT2D eigenvalue weighted by atomic mass is 19.1. The van der Waals surface area contributed by atoms with Crippen molar-refractivity contribution in [3.05, 3.63) is 42.0 Å². The van der Waals surface area contributed by atoms with Crippen molar-refractivity contribution in [2.45, 2.75) is 25.7 Å². The summed E-state index contributed by atoms with van der Waals surface area (Å²) in [5.41, 5.74) is 0.538. The third kappa shape index (κ3) is 2.75. The number of hydrogen-bond donors (Lipinski definition) is 0. The summed E-state index contributed by atoms with van der Waals surface area (Å²) < 4.78 is 31.8. The highest BCUT2D eigenvalue weighted by Crippen LogP contribution is 2.28. The molecule has 0 amide bonds. The van der Waals surface area contributed by atoms with Gasteiger partial charge in [-0.05, 0) is 31.6 Å². The fourth-order valence-electron chi connectivity index (χ4n) is 1.58. The molecule has 0 aromatic heterocycles. The molecule has 1 atom stereocenters. The Labute approximate surface area is 104 Å². The molecule has 0 spiro atoms. The Balaban J connectivity index is 2.13. The Hall–Kier alpha value is -1.30. The summed E-state index contributed by atoms with van der Waals surface area (Å²) in [7, 11) is 0. The van der Waals surface area contributed by atoms with Gasteiger partial charge < -0.3 is 4.74 Å². The summed E-state index contributed by atoms with van der Waals surface area (Å²) in [6, 6.07) is 3.28. The predicted molar refractivity (Wildman–Crippen MR) is 61.4 cm³/mol. The van der Waals surface area contributed by atoms with E-state index in [9.17, 15) is 8.78 Å². The molecule has 18 heavy (non-hydrogen) atoms. The first-order valence-corrected chi connectivity index (χ1v) is 5.52. The maximum atomic E-state index is 13.6. The smallest absolute Gasteiger partial charge is 0.196 e. The van der Waals surface area contributed by atoms with Crippen LogP contribution in [0.4, 0.5) is 8.78 Å². The minimum atomic E-state index is -0.835. The van der Waals surface area contributed by atoms with Crippen molar-refractivity contribution in [1.82, 2.24) is 0 Å². The van der Waals surface area contributed by atoms with E-state index in [0.717, 1.165) is 12.1 Å². The summed E-state index contributed by atoms with van der Waals surface area (Å²) >= 11 is 0. The van der Waals surface area contributed by atoms with Crippen molar-refractivity contribution in [2.75, 3.05) is 6.61 Å². The topological polar surface area (TPSA) is 27.7 Å². The van der Waals surface area contributed by atoms with Gasteiger partial charge in [-0.2, -0.15) is 0 Å². The second kappa shape index (κ2) is 4.76. The van der Waals surface area contributed by atoms with Gasteiger partial charge in [0.25, 0.3) is 0 Å². The quantitative estimate of drug-likeness (QED) is 0.761. The van der Waals surface area contributed by atoms with E-state index in [4.69, 9.17) is 14.5 Å². The van der Waals surface area contributed by atoms with Gasteiger partial charge >= 0.3 is 0 Å². The predicted octanol–water partition coefficient (Wildman–Crippen LogP) is 3.06. The number of rotatable bonds is 2. The first-order valence-electron chi connectivity index (χ1n) is 5.52. The Morgan fingerprint density at radius 1 is 1.39 bits per heavy atom. The number of hydrogen-bond acceptors (Lipinski definition) is 3. The molecule has 98 valence electrons. The molecule has 1 aliphatic rings. The molecule has 3 nitrogen and oxygen atoms in total. The first-order chi connectivity index (χ1) is 8.39. The van der Waals surface area contributed by atoms with Crippen LogP contribution in [0, 0.1) is 11.6 Å². The second-order valence-corrected chi connectivity index (χ2v) is 4.53. The molecule has 1 saturated heterocycles. The fourth-order valence-corrected chi connectivity index (χ4v) is 1.58. The monoisotopic (exact) mass is 256 g/mol. The van der Waals surface area contributed by atoms with Crippen molar-refractivity contribution in [1.29, 1.82) is 0 Å². The fraction of sp³-hybridized carbons (Fsp3) is 0.385. The van der Waals surface area contributed by atoms with Crippen LogP contribution in [-0.2, 0) is 14.5 Å². The van der Waals surface area contributed by atoms with E-state index in [1.165, 1.54) is 6.07 Å². The van der Waals surface area contributed by atoms with Crippen LogP contribution in [0.5, 0.6) is 0 Å². The molecule has 2 rings (SSSR count). The second-order valence-electron chi connectivity index (χ2n) is 4.53. The van der Waals surface area contributed by atoms with E-state index in [-0.39, 0.29) is 12.2 Å². The third-order valence-electron chi connectivity index (χ3n) is 2.61. The maximum absolute atomic E-state index is 13.6. The van der Waals surface area contributed by atoms with Crippen LogP contribution >= 0.6 is 0 Å². The van der Waals surface area contributed by atoms with Crippen LogP contribution in [0.1, 0.15) is 19.4 Å². The molecule has 1 heterocycles. The van der Waals surface area contributed by atoms with Crippen molar-refractivity contribution >= 4 is 5.57 Å². The number of benzene rings is 1.